The number of ether oxygens (including phenoxy) is 1. The van der Waals surface area contributed by atoms with Gasteiger partial charge in [-0.3, -0.25) is 10.1 Å². The van der Waals surface area contributed by atoms with Crippen LogP contribution in [0.5, 0.6) is 5.75 Å². The first-order valence-corrected chi connectivity index (χ1v) is 9.33. The van der Waals surface area contributed by atoms with Crippen molar-refractivity contribution in [2.24, 2.45) is 5.92 Å². The lowest BCUT2D eigenvalue weighted by molar-refractivity contribution is -0.885. The number of fused-ring (bicyclic) bond motifs is 1. The highest BCUT2D eigenvalue weighted by Crippen LogP contribution is 2.21. The Kier molecular flexibility index (Phi) is 7.61. The number of urea groups is 1. The zero-order chi connectivity index (χ0) is 19.8. The molecule has 2 rings (SSSR count). The van der Waals surface area contributed by atoms with Gasteiger partial charge in [-0.1, -0.05) is 32.0 Å². The van der Waals surface area contributed by atoms with Crippen molar-refractivity contribution in [2.75, 3.05) is 27.2 Å². The average molecular weight is 372 g/mol. The maximum Gasteiger partial charge on any atom is 0.321 e. The molecule has 6 nitrogen and oxygen atoms in total. The number of imide groups is 1. The lowest BCUT2D eigenvalue weighted by Gasteiger charge is -2.14. The van der Waals surface area contributed by atoms with Crippen LogP contribution in [0.1, 0.15) is 25.8 Å². The summed E-state index contributed by atoms with van der Waals surface area (Å²) in [6.07, 6.45) is 0.889. The predicted octanol–water partition coefficient (Wildman–Crippen LogP) is 1.74. The lowest BCUT2D eigenvalue weighted by atomic mass is 10.1. The number of carbonyl (C=O) groups is 2. The highest BCUT2D eigenvalue weighted by molar-refractivity contribution is 5.94. The first-order chi connectivity index (χ1) is 12.9. The van der Waals surface area contributed by atoms with Crippen molar-refractivity contribution in [3.05, 3.63) is 42.0 Å². The summed E-state index contributed by atoms with van der Waals surface area (Å²) in [4.78, 5) is 24.7. The van der Waals surface area contributed by atoms with Crippen molar-refractivity contribution >= 4 is 22.7 Å². The fraction of sp³-hybridized carbons (Fsp3) is 0.429. The summed E-state index contributed by atoms with van der Waals surface area (Å²) in [6.45, 7) is 5.68. The van der Waals surface area contributed by atoms with E-state index in [9.17, 15) is 9.59 Å². The molecule has 2 aromatic rings. The maximum absolute atomic E-state index is 12.0. The molecule has 1 atom stereocenters. The minimum Gasteiger partial charge on any atom is -0.497 e. The number of hydrogen-bond acceptors (Lipinski definition) is 3. The van der Waals surface area contributed by atoms with Gasteiger partial charge in [-0.2, -0.15) is 0 Å². The highest BCUT2D eigenvalue weighted by Gasteiger charge is 2.13. The van der Waals surface area contributed by atoms with Gasteiger partial charge >= 0.3 is 6.03 Å². The smallest absolute Gasteiger partial charge is 0.321 e. The summed E-state index contributed by atoms with van der Waals surface area (Å²) >= 11 is 0. The van der Waals surface area contributed by atoms with Gasteiger partial charge < -0.3 is 15.0 Å². The van der Waals surface area contributed by atoms with Crippen LogP contribution in [0, 0.1) is 5.92 Å². The van der Waals surface area contributed by atoms with Gasteiger partial charge in [0.1, 0.15) is 12.3 Å². The van der Waals surface area contributed by atoms with E-state index >= 15 is 0 Å². The van der Waals surface area contributed by atoms with Gasteiger partial charge in [0.2, 0.25) is 0 Å². The van der Waals surface area contributed by atoms with Gasteiger partial charge in [0.05, 0.1) is 14.2 Å². The molecule has 0 aliphatic heterocycles. The Morgan fingerprint density at radius 2 is 1.81 bits per heavy atom. The third-order valence-corrected chi connectivity index (χ3v) is 4.34. The molecule has 1 unspecified atom stereocenters. The molecule has 2 aromatic carbocycles. The molecule has 0 aliphatic carbocycles. The maximum atomic E-state index is 12.0. The van der Waals surface area contributed by atoms with Crippen LogP contribution in [-0.4, -0.2) is 39.2 Å². The van der Waals surface area contributed by atoms with E-state index in [2.05, 4.69) is 42.7 Å². The number of methoxy groups -OCH3 is 1. The number of rotatable bonds is 8. The van der Waals surface area contributed by atoms with Crippen molar-refractivity contribution in [2.45, 2.75) is 26.8 Å². The molecular formula is C21H30N3O3+. The van der Waals surface area contributed by atoms with Crippen LogP contribution >= 0.6 is 0 Å². The fourth-order valence-electron chi connectivity index (χ4n) is 2.88. The van der Waals surface area contributed by atoms with Gasteiger partial charge in [0.15, 0.2) is 6.54 Å². The van der Waals surface area contributed by atoms with Gasteiger partial charge in [0.25, 0.3) is 5.91 Å². The van der Waals surface area contributed by atoms with Gasteiger partial charge in [-0.25, -0.2) is 4.79 Å². The predicted molar refractivity (Wildman–Crippen MR) is 107 cm³/mol. The van der Waals surface area contributed by atoms with Crippen molar-refractivity contribution in [1.29, 1.82) is 0 Å². The fourth-order valence-corrected chi connectivity index (χ4v) is 2.88. The van der Waals surface area contributed by atoms with E-state index in [1.54, 1.807) is 7.11 Å². The van der Waals surface area contributed by atoms with Crippen LogP contribution in [0.4, 0.5) is 4.79 Å². The molecule has 3 amide bonds. The van der Waals surface area contributed by atoms with Crippen molar-refractivity contribution in [3.63, 3.8) is 0 Å². The summed E-state index contributed by atoms with van der Waals surface area (Å²) < 4.78 is 5.25. The van der Waals surface area contributed by atoms with Crippen molar-refractivity contribution in [1.82, 2.24) is 10.6 Å². The van der Waals surface area contributed by atoms with Gasteiger partial charge in [0, 0.05) is 12.1 Å². The van der Waals surface area contributed by atoms with Crippen molar-refractivity contribution in [3.8, 4) is 5.75 Å². The second-order valence-electron chi connectivity index (χ2n) is 7.34. The normalized spacial score (nSPS) is 12.0. The zero-order valence-electron chi connectivity index (χ0n) is 16.6. The van der Waals surface area contributed by atoms with E-state index in [0.29, 0.717) is 19.0 Å². The second-order valence-corrected chi connectivity index (χ2v) is 7.34. The Balaban J connectivity index is 1.84. The Labute approximate surface area is 160 Å². The molecule has 0 aliphatic rings. The molecule has 0 saturated heterocycles. The minimum absolute atomic E-state index is 0.234. The minimum atomic E-state index is -0.423. The van der Waals surface area contributed by atoms with E-state index in [4.69, 9.17) is 4.74 Å². The molecule has 3 N–H and O–H groups in total. The Morgan fingerprint density at radius 3 is 2.52 bits per heavy atom. The van der Waals surface area contributed by atoms with Crippen molar-refractivity contribution < 1.29 is 19.2 Å². The summed E-state index contributed by atoms with van der Waals surface area (Å²) in [5.41, 5.74) is 1.14. The summed E-state index contributed by atoms with van der Waals surface area (Å²) in [7, 11) is 3.60. The molecule has 27 heavy (non-hydrogen) atoms. The number of quaternary nitrogens is 1. The highest BCUT2D eigenvalue weighted by atomic mass is 16.5. The lowest BCUT2D eigenvalue weighted by Crippen LogP contribution is -3.09. The van der Waals surface area contributed by atoms with E-state index in [-0.39, 0.29) is 12.5 Å². The number of likely N-dealkylation sites (N-methyl/N-ethyl adjacent to an activating group) is 1. The van der Waals surface area contributed by atoms with Crippen LogP contribution in [0.25, 0.3) is 10.8 Å². The molecule has 0 saturated carbocycles. The van der Waals surface area contributed by atoms with Crippen LogP contribution < -0.4 is 20.3 Å². The van der Waals surface area contributed by atoms with Crippen LogP contribution in [-0.2, 0) is 11.3 Å². The molecule has 0 aromatic heterocycles. The summed E-state index contributed by atoms with van der Waals surface area (Å²) in [5.74, 6) is 1.07. The monoisotopic (exact) mass is 372 g/mol. The van der Waals surface area contributed by atoms with Crippen LogP contribution in [0.15, 0.2) is 36.4 Å². The summed E-state index contributed by atoms with van der Waals surface area (Å²) in [6, 6.07) is 11.8. The topological polar surface area (TPSA) is 71.9 Å². The average Bonchev–Trinajstić information content (AvgIpc) is 2.60. The van der Waals surface area contributed by atoms with E-state index in [1.807, 2.05) is 25.2 Å². The molecular weight excluding hydrogens is 342 g/mol. The van der Waals surface area contributed by atoms with E-state index in [1.165, 1.54) is 0 Å². The molecule has 0 bridgehead atoms. The SMILES string of the molecule is COc1ccc2cc(C[NH+](C)CC(=O)NC(=O)NCCC(C)C)ccc2c1. The zero-order valence-corrected chi connectivity index (χ0v) is 16.6. The molecule has 0 heterocycles. The second kappa shape index (κ2) is 9.92. The number of nitrogens with one attached hydrogen (secondary N) is 3. The van der Waals surface area contributed by atoms with Gasteiger partial charge in [-0.15, -0.1) is 0 Å². The number of carbonyl (C=O) groups excluding carboxylic acids is 2. The quantitative estimate of drug-likeness (QED) is 0.661. The molecule has 0 radical (unpaired) electrons. The third-order valence-electron chi connectivity index (χ3n) is 4.34. The molecule has 146 valence electrons. The summed E-state index contributed by atoms with van der Waals surface area (Å²) in [5, 5.41) is 7.35. The van der Waals surface area contributed by atoms with Crippen LogP contribution in [0.2, 0.25) is 0 Å². The molecule has 0 fully saturated rings. The third kappa shape index (κ3) is 6.90. The Morgan fingerprint density at radius 1 is 1.11 bits per heavy atom. The molecule has 0 spiro atoms. The van der Waals surface area contributed by atoms with Gasteiger partial charge in [-0.05, 0) is 41.3 Å². The standard InChI is InChI=1S/C21H29N3O3/c1-15(2)9-10-22-21(26)23-20(25)14-24(3)13-16-5-6-18-12-19(27-4)8-7-17(18)11-16/h5-8,11-12,15H,9-10,13-14H2,1-4H3,(H2,22,23,25,26)/p+1. The first-order valence-electron chi connectivity index (χ1n) is 9.33. The van der Waals surface area contributed by atoms with E-state index < -0.39 is 6.03 Å². The number of benzene rings is 2. The largest absolute Gasteiger partial charge is 0.497 e. The Hall–Kier alpha value is -2.60. The molecule has 6 heteroatoms. The number of amides is 3. The first kappa shape index (κ1) is 20.7. The van der Waals surface area contributed by atoms with Crippen LogP contribution in [0.3, 0.4) is 0 Å². The Bertz CT molecular complexity index is 789. The van der Waals surface area contributed by atoms with E-state index in [0.717, 1.165) is 33.4 Å². The number of hydrogen-bond donors (Lipinski definition) is 3.